The SMILES string of the molecule is C.C[N+]1(CCOS(=O)(=O)O)CCCC1.[Cl-]. The maximum Gasteiger partial charge on any atom is 0.397 e. The number of hydrogen-bond acceptors (Lipinski definition) is 3. The lowest BCUT2D eigenvalue weighted by Gasteiger charge is -2.28. The smallest absolute Gasteiger partial charge is 0.397 e. The van der Waals surface area contributed by atoms with Crippen LogP contribution in [0.25, 0.3) is 0 Å². The van der Waals surface area contributed by atoms with Gasteiger partial charge in [0.15, 0.2) is 0 Å². The molecule has 0 aromatic heterocycles. The first-order valence-corrected chi connectivity index (χ1v) is 5.73. The second-order valence-corrected chi connectivity index (χ2v) is 4.84. The molecule has 0 saturated carbocycles. The van der Waals surface area contributed by atoms with Gasteiger partial charge in [-0.2, -0.15) is 8.42 Å². The summed E-state index contributed by atoms with van der Waals surface area (Å²) in [5, 5.41) is 0. The normalized spacial score (nSPS) is 19.1. The van der Waals surface area contributed by atoms with Gasteiger partial charge in [-0.15, -0.1) is 0 Å². The van der Waals surface area contributed by atoms with Gasteiger partial charge in [0, 0.05) is 12.8 Å². The number of nitrogens with zero attached hydrogens (tertiary/aromatic N) is 1. The van der Waals surface area contributed by atoms with Crippen molar-refractivity contribution in [3.8, 4) is 0 Å². The number of likely N-dealkylation sites (N-methyl/N-ethyl adjacent to an activating group) is 1. The molecule has 0 atom stereocenters. The molecule has 5 nitrogen and oxygen atoms in total. The first-order chi connectivity index (χ1) is 5.91. The molecule has 0 amide bonds. The number of quaternary nitrogens is 1. The summed E-state index contributed by atoms with van der Waals surface area (Å²) >= 11 is 0. The van der Waals surface area contributed by atoms with Crippen molar-refractivity contribution >= 4 is 10.4 Å². The average molecular weight is 262 g/mol. The van der Waals surface area contributed by atoms with Crippen LogP contribution in [-0.4, -0.2) is 50.7 Å². The van der Waals surface area contributed by atoms with Crippen LogP contribution in [0.15, 0.2) is 0 Å². The molecule has 0 spiro atoms. The molecule has 0 bridgehead atoms. The van der Waals surface area contributed by atoms with Crippen LogP contribution < -0.4 is 12.4 Å². The summed E-state index contributed by atoms with van der Waals surface area (Å²) in [6, 6.07) is 0. The minimum Gasteiger partial charge on any atom is -1.00 e. The van der Waals surface area contributed by atoms with Crippen molar-refractivity contribution in [2.45, 2.75) is 20.3 Å². The van der Waals surface area contributed by atoms with E-state index in [1.54, 1.807) is 0 Å². The molecule has 1 aliphatic rings. The Hall–Kier alpha value is 0.120. The summed E-state index contributed by atoms with van der Waals surface area (Å²) in [5.41, 5.74) is 0. The number of rotatable bonds is 4. The maximum absolute atomic E-state index is 10.2. The van der Waals surface area contributed by atoms with Gasteiger partial charge < -0.3 is 16.9 Å². The van der Waals surface area contributed by atoms with Crippen molar-refractivity contribution in [1.29, 1.82) is 0 Å². The average Bonchev–Trinajstić information content (AvgIpc) is 2.33. The van der Waals surface area contributed by atoms with E-state index in [0.29, 0.717) is 6.54 Å². The topological polar surface area (TPSA) is 63.6 Å². The highest BCUT2D eigenvalue weighted by Crippen LogP contribution is 2.15. The minimum atomic E-state index is -4.25. The van der Waals surface area contributed by atoms with Gasteiger partial charge in [0.05, 0.1) is 20.1 Å². The molecule has 1 rings (SSSR count). The van der Waals surface area contributed by atoms with Gasteiger partial charge in [-0.25, -0.2) is 4.18 Å². The highest BCUT2D eigenvalue weighted by Gasteiger charge is 2.26. The molecule has 15 heavy (non-hydrogen) atoms. The molecular formula is C8H20ClNO4S. The van der Waals surface area contributed by atoms with Crippen molar-refractivity contribution in [2.75, 3.05) is 33.3 Å². The molecule has 0 unspecified atom stereocenters. The first kappa shape index (κ1) is 17.5. The van der Waals surface area contributed by atoms with Crippen molar-refractivity contribution in [1.82, 2.24) is 0 Å². The summed E-state index contributed by atoms with van der Waals surface area (Å²) in [4.78, 5) is 0. The van der Waals surface area contributed by atoms with E-state index >= 15 is 0 Å². The Labute approximate surface area is 98.4 Å². The largest absolute Gasteiger partial charge is 1.00 e. The predicted molar refractivity (Wildman–Crippen MR) is 54.3 cm³/mol. The van der Waals surface area contributed by atoms with Crippen LogP contribution in [0.1, 0.15) is 20.3 Å². The quantitative estimate of drug-likeness (QED) is 0.456. The summed E-state index contributed by atoms with van der Waals surface area (Å²) in [6.07, 6.45) is 2.37. The lowest BCUT2D eigenvalue weighted by Crippen LogP contribution is -3.00. The fraction of sp³-hybridized carbons (Fsp3) is 1.00. The van der Waals surface area contributed by atoms with E-state index in [2.05, 4.69) is 11.2 Å². The molecule has 1 heterocycles. The Morgan fingerprint density at radius 2 is 1.80 bits per heavy atom. The zero-order chi connectivity index (χ0) is 9.95. The fourth-order valence-corrected chi connectivity index (χ4v) is 1.97. The van der Waals surface area contributed by atoms with Crippen molar-refractivity contribution < 1.29 is 34.0 Å². The predicted octanol–water partition coefficient (Wildman–Crippen LogP) is -2.31. The second-order valence-electron chi connectivity index (χ2n) is 3.75. The molecule has 1 fully saturated rings. The number of likely N-dealkylation sites (tertiary alicyclic amines) is 1. The Balaban J connectivity index is 0. The van der Waals surface area contributed by atoms with E-state index in [9.17, 15) is 8.42 Å². The Morgan fingerprint density at radius 3 is 2.20 bits per heavy atom. The van der Waals surface area contributed by atoms with E-state index in [-0.39, 0.29) is 26.4 Å². The van der Waals surface area contributed by atoms with E-state index < -0.39 is 10.4 Å². The molecule has 1 saturated heterocycles. The van der Waals surface area contributed by atoms with Crippen molar-refractivity contribution in [3.05, 3.63) is 0 Å². The van der Waals surface area contributed by atoms with E-state index in [4.69, 9.17) is 4.55 Å². The number of hydrogen-bond donors (Lipinski definition) is 1. The number of halogens is 1. The third-order valence-corrected chi connectivity index (χ3v) is 2.97. The van der Waals surface area contributed by atoms with Crippen LogP contribution in [0, 0.1) is 0 Å². The third kappa shape index (κ3) is 7.08. The molecule has 0 aliphatic carbocycles. The molecular weight excluding hydrogens is 242 g/mol. The van der Waals surface area contributed by atoms with Gasteiger partial charge >= 0.3 is 10.4 Å². The van der Waals surface area contributed by atoms with Crippen molar-refractivity contribution in [3.63, 3.8) is 0 Å². The molecule has 1 aliphatic heterocycles. The van der Waals surface area contributed by atoms with Gasteiger partial charge in [0.25, 0.3) is 0 Å². The molecule has 1 N–H and O–H groups in total. The Kier molecular flexibility index (Phi) is 7.76. The highest BCUT2D eigenvalue weighted by molar-refractivity contribution is 7.80. The fourth-order valence-electron chi connectivity index (χ4n) is 1.69. The monoisotopic (exact) mass is 261 g/mol. The van der Waals surface area contributed by atoms with Gasteiger partial charge in [0.2, 0.25) is 0 Å². The summed E-state index contributed by atoms with van der Waals surface area (Å²) in [5.74, 6) is 0. The molecule has 0 aromatic carbocycles. The van der Waals surface area contributed by atoms with Gasteiger partial charge in [-0.1, -0.05) is 7.43 Å². The van der Waals surface area contributed by atoms with E-state index in [0.717, 1.165) is 17.6 Å². The zero-order valence-corrected chi connectivity index (χ0v) is 9.72. The van der Waals surface area contributed by atoms with Gasteiger partial charge in [0.1, 0.15) is 13.2 Å². The summed E-state index contributed by atoms with van der Waals surface area (Å²) in [6.45, 7) is 2.83. The van der Waals surface area contributed by atoms with Gasteiger partial charge in [-0.3, -0.25) is 4.55 Å². The Bertz CT molecular complexity index is 262. The van der Waals surface area contributed by atoms with Crippen LogP contribution in [0.5, 0.6) is 0 Å². The van der Waals surface area contributed by atoms with Gasteiger partial charge in [-0.05, 0) is 0 Å². The Morgan fingerprint density at radius 1 is 1.33 bits per heavy atom. The lowest BCUT2D eigenvalue weighted by atomic mass is 10.4. The molecule has 94 valence electrons. The van der Waals surface area contributed by atoms with E-state index in [1.165, 1.54) is 12.8 Å². The van der Waals surface area contributed by atoms with Crippen LogP contribution >= 0.6 is 0 Å². The molecule has 7 heteroatoms. The van der Waals surface area contributed by atoms with Crippen LogP contribution in [-0.2, 0) is 14.6 Å². The van der Waals surface area contributed by atoms with E-state index in [1.807, 2.05) is 0 Å². The second kappa shape index (κ2) is 6.65. The van der Waals surface area contributed by atoms with Crippen LogP contribution in [0.4, 0.5) is 0 Å². The first-order valence-electron chi connectivity index (χ1n) is 4.37. The zero-order valence-electron chi connectivity index (χ0n) is 8.15. The van der Waals surface area contributed by atoms with Crippen LogP contribution in [0.2, 0.25) is 0 Å². The summed E-state index contributed by atoms with van der Waals surface area (Å²) in [7, 11) is -2.18. The highest BCUT2D eigenvalue weighted by atomic mass is 35.5. The molecule has 0 radical (unpaired) electrons. The standard InChI is InChI=1S/C7H15NO4S.CH4.ClH/c1-8(4-2-3-5-8)6-7-12-13(9,10)11;;/h2-7H2,1H3;1H4;1H. The maximum atomic E-state index is 10.2. The molecule has 0 aromatic rings. The van der Waals surface area contributed by atoms with Crippen molar-refractivity contribution in [2.24, 2.45) is 0 Å². The summed E-state index contributed by atoms with van der Waals surface area (Å²) < 4.78 is 33.9. The third-order valence-electron chi connectivity index (χ3n) is 2.51. The lowest BCUT2D eigenvalue weighted by molar-refractivity contribution is -0.897. The minimum absolute atomic E-state index is 0. The van der Waals surface area contributed by atoms with Crippen LogP contribution in [0.3, 0.4) is 0 Å².